The van der Waals surface area contributed by atoms with Crippen LogP contribution in [0.2, 0.25) is 5.02 Å². The molecule has 0 atom stereocenters. The summed E-state index contributed by atoms with van der Waals surface area (Å²) in [6.07, 6.45) is 3.20. The monoisotopic (exact) mass is 482 g/mol. The standard InChI is InChI=1S/C23H19ClN4O4S/c1-3-4-19-27-28-20(25)16(21(29)26-23(28)33-19)11-13-5-10-17(18(12-13)31-2)32-22(30)14-6-8-15(24)9-7-14/h5-12,25H,3-4H2,1-2H3/b16-11+,25-20?. The first-order valence-corrected chi connectivity index (χ1v) is 11.2. The van der Waals surface area contributed by atoms with Crippen molar-refractivity contribution in [2.24, 2.45) is 10.1 Å². The van der Waals surface area contributed by atoms with Gasteiger partial charge in [-0.25, -0.2) is 4.79 Å². The minimum Gasteiger partial charge on any atom is -0.493 e. The molecule has 2 aromatic rings. The van der Waals surface area contributed by atoms with Gasteiger partial charge in [-0.2, -0.15) is 15.1 Å². The minimum atomic E-state index is -0.561. The Labute approximate surface area is 199 Å². The second-order valence-corrected chi connectivity index (χ2v) is 8.55. The molecule has 0 spiro atoms. The molecule has 2 heterocycles. The molecule has 4 rings (SSSR count). The van der Waals surface area contributed by atoms with Crippen molar-refractivity contribution in [2.45, 2.75) is 19.8 Å². The molecule has 0 fully saturated rings. The summed E-state index contributed by atoms with van der Waals surface area (Å²) in [7, 11) is 1.45. The number of hydrazone groups is 1. The lowest BCUT2D eigenvalue weighted by atomic mass is 10.1. The second-order valence-electron chi connectivity index (χ2n) is 7.07. The van der Waals surface area contributed by atoms with E-state index in [-0.39, 0.29) is 17.2 Å². The lowest BCUT2D eigenvalue weighted by Crippen LogP contribution is -2.35. The van der Waals surface area contributed by atoms with E-state index in [4.69, 9.17) is 26.5 Å². The quantitative estimate of drug-likeness (QED) is 0.353. The molecule has 10 heteroatoms. The summed E-state index contributed by atoms with van der Waals surface area (Å²) in [5.74, 6) is -0.598. The van der Waals surface area contributed by atoms with Crippen LogP contribution < -0.4 is 9.47 Å². The molecular formula is C23H19ClN4O4S. The average molecular weight is 483 g/mol. The van der Waals surface area contributed by atoms with Gasteiger partial charge in [-0.3, -0.25) is 10.2 Å². The maximum absolute atomic E-state index is 12.6. The van der Waals surface area contributed by atoms with Crippen molar-refractivity contribution < 1.29 is 19.1 Å². The number of esters is 1. The fraction of sp³-hybridized carbons (Fsp3) is 0.174. The van der Waals surface area contributed by atoms with Crippen molar-refractivity contribution in [3.05, 3.63) is 64.2 Å². The van der Waals surface area contributed by atoms with Gasteiger partial charge in [0.05, 0.1) is 18.2 Å². The maximum atomic E-state index is 12.6. The number of nitrogens with one attached hydrogen (secondary N) is 1. The predicted molar refractivity (Wildman–Crippen MR) is 129 cm³/mol. The third-order valence-electron chi connectivity index (χ3n) is 4.74. The molecule has 0 unspecified atom stereocenters. The molecule has 0 radical (unpaired) electrons. The number of rotatable bonds is 6. The Hall–Kier alpha value is -3.43. The van der Waals surface area contributed by atoms with Gasteiger partial charge in [0.1, 0.15) is 5.04 Å². The summed E-state index contributed by atoms with van der Waals surface area (Å²) >= 11 is 7.17. The van der Waals surface area contributed by atoms with E-state index in [9.17, 15) is 9.59 Å². The van der Waals surface area contributed by atoms with Crippen molar-refractivity contribution in [1.82, 2.24) is 5.01 Å². The molecule has 8 nitrogen and oxygen atoms in total. The van der Waals surface area contributed by atoms with E-state index in [0.717, 1.165) is 17.9 Å². The van der Waals surface area contributed by atoms with Crippen molar-refractivity contribution in [3.8, 4) is 11.5 Å². The van der Waals surface area contributed by atoms with Gasteiger partial charge < -0.3 is 9.47 Å². The summed E-state index contributed by atoms with van der Waals surface area (Å²) < 4.78 is 10.8. The molecule has 0 aliphatic carbocycles. The fourth-order valence-corrected chi connectivity index (χ4v) is 4.23. The number of nitrogens with zero attached hydrogens (tertiary/aromatic N) is 3. The average Bonchev–Trinajstić information content (AvgIpc) is 3.20. The highest BCUT2D eigenvalue weighted by molar-refractivity contribution is 8.26. The van der Waals surface area contributed by atoms with E-state index in [1.807, 2.05) is 6.92 Å². The lowest BCUT2D eigenvalue weighted by Gasteiger charge is -2.20. The number of carbonyl (C=O) groups excluding carboxylic acids is 2. The van der Waals surface area contributed by atoms with Crippen LogP contribution >= 0.6 is 23.4 Å². The fourth-order valence-electron chi connectivity index (χ4n) is 3.12. The van der Waals surface area contributed by atoms with Crippen LogP contribution in [0.25, 0.3) is 6.08 Å². The predicted octanol–water partition coefficient (Wildman–Crippen LogP) is 4.99. The van der Waals surface area contributed by atoms with Gasteiger partial charge in [0.25, 0.3) is 5.91 Å². The van der Waals surface area contributed by atoms with Crippen LogP contribution in [0.4, 0.5) is 0 Å². The SMILES string of the molecule is CCCC1=NN2C(=N)/C(=C\c3ccc(OC(=O)c4ccc(Cl)cc4)c(OC)c3)C(=O)N=C2S1. The van der Waals surface area contributed by atoms with E-state index in [0.29, 0.717) is 27.1 Å². The molecule has 2 aliphatic heterocycles. The first-order chi connectivity index (χ1) is 15.9. The van der Waals surface area contributed by atoms with Crippen molar-refractivity contribution in [1.29, 1.82) is 5.41 Å². The number of ether oxygens (including phenoxy) is 2. The van der Waals surface area contributed by atoms with Gasteiger partial charge in [-0.1, -0.05) is 24.6 Å². The Morgan fingerprint density at radius 2 is 1.97 bits per heavy atom. The number of methoxy groups -OCH3 is 1. The van der Waals surface area contributed by atoms with Crippen LogP contribution in [0.5, 0.6) is 11.5 Å². The summed E-state index contributed by atoms with van der Waals surface area (Å²) in [5, 5.41) is 16.0. The van der Waals surface area contributed by atoms with Gasteiger partial charge in [-0.05, 0) is 72.6 Å². The number of fused-ring (bicyclic) bond motifs is 1. The van der Waals surface area contributed by atoms with Crippen LogP contribution in [-0.4, -0.2) is 40.0 Å². The molecular weight excluding hydrogens is 464 g/mol. The number of amides is 1. The highest BCUT2D eigenvalue weighted by atomic mass is 35.5. The first-order valence-electron chi connectivity index (χ1n) is 10.0. The van der Waals surface area contributed by atoms with E-state index in [1.165, 1.54) is 30.0 Å². The van der Waals surface area contributed by atoms with E-state index in [2.05, 4.69) is 10.1 Å². The van der Waals surface area contributed by atoms with Crippen molar-refractivity contribution in [2.75, 3.05) is 7.11 Å². The number of carbonyl (C=O) groups is 2. The minimum absolute atomic E-state index is 0.0409. The number of hydrogen-bond acceptors (Lipinski definition) is 7. The number of amidine groups is 2. The van der Waals surface area contributed by atoms with Crippen molar-refractivity contribution in [3.63, 3.8) is 0 Å². The van der Waals surface area contributed by atoms with Crippen LogP contribution in [-0.2, 0) is 4.79 Å². The number of thioether (sulfide) groups is 1. The molecule has 168 valence electrons. The summed E-state index contributed by atoms with van der Waals surface area (Å²) in [6, 6.07) is 11.2. The lowest BCUT2D eigenvalue weighted by molar-refractivity contribution is -0.114. The number of halogens is 1. The molecule has 33 heavy (non-hydrogen) atoms. The van der Waals surface area contributed by atoms with E-state index in [1.54, 1.807) is 42.5 Å². The molecule has 2 aliphatic rings. The summed E-state index contributed by atoms with van der Waals surface area (Å²) in [5.41, 5.74) is 1.03. The third kappa shape index (κ3) is 4.84. The highest BCUT2D eigenvalue weighted by Gasteiger charge is 2.35. The molecule has 1 amide bonds. The van der Waals surface area contributed by atoms with E-state index < -0.39 is 11.9 Å². The Balaban J connectivity index is 1.57. The van der Waals surface area contributed by atoms with Gasteiger partial charge in [-0.15, -0.1) is 0 Å². The Morgan fingerprint density at radius 1 is 1.21 bits per heavy atom. The third-order valence-corrected chi connectivity index (χ3v) is 5.96. The van der Waals surface area contributed by atoms with Crippen LogP contribution in [0.15, 0.2) is 58.1 Å². The van der Waals surface area contributed by atoms with Crippen LogP contribution in [0, 0.1) is 5.41 Å². The molecule has 2 aromatic carbocycles. The Morgan fingerprint density at radius 3 is 2.67 bits per heavy atom. The molecule has 0 bridgehead atoms. The molecule has 0 saturated carbocycles. The molecule has 0 aromatic heterocycles. The van der Waals surface area contributed by atoms with Gasteiger partial charge in [0.15, 0.2) is 17.3 Å². The number of aliphatic imine (C=N–C) groups is 1. The number of hydrogen-bond donors (Lipinski definition) is 1. The van der Waals surface area contributed by atoms with Gasteiger partial charge >= 0.3 is 5.97 Å². The van der Waals surface area contributed by atoms with E-state index >= 15 is 0 Å². The zero-order valence-electron chi connectivity index (χ0n) is 17.8. The first kappa shape index (κ1) is 22.8. The van der Waals surface area contributed by atoms with Crippen LogP contribution in [0.1, 0.15) is 35.7 Å². The second kappa shape index (κ2) is 9.60. The summed E-state index contributed by atoms with van der Waals surface area (Å²) in [6.45, 7) is 2.04. The normalized spacial score (nSPS) is 16.5. The van der Waals surface area contributed by atoms with Crippen LogP contribution in [0.3, 0.4) is 0 Å². The zero-order chi connectivity index (χ0) is 23.5. The van der Waals surface area contributed by atoms with Gasteiger partial charge in [0, 0.05) is 5.02 Å². The highest BCUT2D eigenvalue weighted by Crippen LogP contribution is 2.32. The number of benzene rings is 2. The zero-order valence-corrected chi connectivity index (χ0v) is 19.4. The smallest absolute Gasteiger partial charge is 0.343 e. The summed E-state index contributed by atoms with van der Waals surface area (Å²) in [4.78, 5) is 29.1. The molecule has 1 N–H and O–H groups in total. The maximum Gasteiger partial charge on any atom is 0.343 e. The Bertz CT molecular complexity index is 1240. The largest absolute Gasteiger partial charge is 0.493 e. The van der Waals surface area contributed by atoms with Crippen molar-refractivity contribution >= 4 is 57.4 Å². The molecule has 0 saturated heterocycles. The van der Waals surface area contributed by atoms with Gasteiger partial charge in [0.2, 0.25) is 5.17 Å². The topological polar surface area (TPSA) is 104 Å². The Kier molecular flexibility index (Phi) is 6.62.